The Kier molecular flexibility index (Phi) is 1.45. The van der Waals surface area contributed by atoms with Gasteiger partial charge in [-0.05, 0) is 56.3 Å². The van der Waals surface area contributed by atoms with E-state index in [0.29, 0.717) is 0 Å². The zero-order chi connectivity index (χ0) is 8.89. The molecule has 0 spiro atoms. The van der Waals surface area contributed by atoms with E-state index in [-0.39, 0.29) is 5.60 Å². The normalized spacial score (nSPS) is 51.8. The van der Waals surface area contributed by atoms with E-state index in [2.05, 4.69) is 6.11 Å². The average molecular weight is 176 g/mol. The van der Waals surface area contributed by atoms with Crippen molar-refractivity contribution in [3.63, 3.8) is 0 Å². The van der Waals surface area contributed by atoms with Crippen LogP contribution in [0, 0.1) is 30.3 Å². The van der Waals surface area contributed by atoms with Gasteiger partial charge >= 0.3 is 0 Å². The molecule has 0 saturated heterocycles. The molecule has 4 aliphatic carbocycles. The zero-order valence-electron chi connectivity index (χ0n) is 7.96. The number of rotatable bonds is 1. The Labute approximate surface area is 79.8 Å². The molecule has 70 valence electrons. The van der Waals surface area contributed by atoms with Crippen LogP contribution in [0.15, 0.2) is 0 Å². The number of terminal acetylenes is 1. The molecule has 4 rings (SSSR count). The van der Waals surface area contributed by atoms with Crippen molar-refractivity contribution in [2.75, 3.05) is 0 Å². The lowest BCUT2D eigenvalue weighted by Crippen LogP contribution is -2.51. The van der Waals surface area contributed by atoms with Crippen molar-refractivity contribution in [1.82, 2.24) is 0 Å². The lowest BCUT2D eigenvalue weighted by molar-refractivity contribution is -0.122. The molecular weight excluding hydrogens is 160 g/mol. The summed E-state index contributed by atoms with van der Waals surface area (Å²) in [6.07, 6.45) is 15.8. The van der Waals surface area contributed by atoms with E-state index < -0.39 is 0 Å². The summed E-state index contributed by atoms with van der Waals surface area (Å²) in [7, 11) is 0. The van der Waals surface area contributed by atoms with E-state index >= 15 is 0 Å². The highest BCUT2D eigenvalue weighted by molar-refractivity contribution is 5.04. The van der Waals surface area contributed by atoms with E-state index in [1.165, 1.54) is 38.5 Å². The first kappa shape index (κ1) is 7.74. The minimum Gasteiger partial charge on any atom is -0.440 e. The van der Waals surface area contributed by atoms with Gasteiger partial charge in [0.1, 0.15) is 11.7 Å². The molecule has 0 atom stereocenters. The first-order valence-corrected chi connectivity index (χ1v) is 5.43. The molecule has 4 bridgehead atoms. The summed E-state index contributed by atoms with van der Waals surface area (Å²) in [6.45, 7) is 0. The Morgan fingerprint density at radius 1 is 1.00 bits per heavy atom. The van der Waals surface area contributed by atoms with Crippen molar-refractivity contribution >= 4 is 0 Å². The molecule has 4 aliphatic rings. The van der Waals surface area contributed by atoms with Crippen LogP contribution < -0.4 is 0 Å². The SMILES string of the molecule is C#COC12CC3CC(CC(C3)C1)C2. The van der Waals surface area contributed by atoms with Gasteiger partial charge in [-0.3, -0.25) is 0 Å². The number of hydrogen-bond donors (Lipinski definition) is 0. The van der Waals surface area contributed by atoms with Crippen LogP contribution in [0.4, 0.5) is 0 Å². The van der Waals surface area contributed by atoms with Crippen molar-refractivity contribution in [2.24, 2.45) is 17.8 Å². The van der Waals surface area contributed by atoms with Gasteiger partial charge in [0.2, 0.25) is 0 Å². The van der Waals surface area contributed by atoms with E-state index in [4.69, 9.17) is 11.2 Å². The summed E-state index contributed by atoms with van der Waals surface area (Å²) < 4.78 is 5.57. The third kappa shape index (κ3) is 1.08. The lowest BCUT2D eigenvalue weighted by atomic mass is 9.54. The summed E-state index contributed by atoms with van der Waals surface area (Å²) in [5.74, 6) is 2.79. The number of ether oxygens (including phenoxy) is 1. The molecule has 0 unspecified atom stereocenters. The largest absolute Gasteiger partial charge is 0.440 e. The molecule has 4 saturated carbocycles. The maximum Gasteiger partial charge on any atom is 0.122 e. The van der Waals surface area contributed by atoms with Crippen LogP contribution in [0.5, 0.6) is 0 Å². The fraction of sp³-hybridized carbons (Fsp3) is 0.833. The van der Waals surface area contributed by atoms with Crippen molar-refractivity contribution in [3.8, 4) is 12.5 Å². The van der Waals surface area contributed by atoms with Crippen molar-refractivity contribution in [2.45, 2.75) is 44.1 Å². The van der Waals surface area contributed by atoms with Gasteiger partial charge in [-0.15, -0.1) is 0 Å². The Morgan fingerprint density at radius 3 is 1.85 bits per heavy atom. The molecule has 0 N–H and O–H groups in total. The molecule has 0 aromatic heterocycles. The van der Waals surface area contributed by atoms with Crippen molar-refractivity contribution in [1.29, 1.82) is 0 Å². The molecule has 0 aromatic rings. The highest BCUT2D eigenvalue weighted by Crippen LogP contribution is 2.56. The fourth-order valence-electron chi connectivity index (χ4n) is 4.28. The maximum atomic E-state index is 5.57. The third-order valence-electron chi connectivity index (χ3n) is 4.26. The van der Waals surface area contributed by atoms with Gasteiger partial charge in [0.25, 0.3) is 0 Å². The molecule has 0 aliphatic heterocycles. The van der Waals surface area contributed by atoms with E-state index in [0.717, 1.165) is 17.8 Å². The predicted octanol–water partition coefficient (Wildman–Crippen LogP) is 2.56. The van der Waals surface area contributed by atoms with Gasteiger partial charge in [0, 0.05) is 0 Å². The Hall–Kier alpha value is -0.640. The second kappa shape index (κ2) is 2.44. The van der Waals surface area contributed by atoms with Crippen LogP contribution in [0.2, 0.25) is 0 Å². The summed E-state index contributed by atoms with van der Waals surface area (Å²) in [4.78, 5) is 0. The minimum absolute atomic E-state index is 0.115. The van der Waals surface area contributed by atoms with Gasteiger partial charge in [-0.25, -0.2) is 0 Å². The zero-order valence-corrected chi connectivity index (χ0v) is 7.96. The van der Waals surface area contributed by atoms with Gasteiger partial charge < -0.3 is 4.74 Å². The van der Waals surface area contributed by atoms with Crippen LogP contribution in [-0.4, -0.2) is 5.60 Å². The monoisotopic (exact) mass is 176 g/mol. The molecule has 1 heteroatoms. The molecule has 1 nitrogen and oxygen atoms in total. The maximum absolute atomic E-state index is 5.57. The van der Waals surface area contributed by atoms with Gasteiger partial charge in [0.05, 0.1) is 0 Å². The minimum atomic E-state index is 0.115. The fourth-order valence-corrected chi connectivity index (χ4v) is 4.28. The van der Waals surface area contributed by atoms with Crippen LogP contribution in [0.3, 0.4) is 0 Å². The molecule has 0 amide bonds. The quantitative estimate of drug-likeness (QED) is 0.558. The van der Waals surface area contributed by atoms with Crippen LogP contribution in [0.25, 0.3) is 0 Å². The highest BCUT2D eigenvalue weighted by Gasteiger charge is 2.52. The van der Waals surface area contributed by atoms with Gasteiger partial charge in [-0.2, -0.15) is 0 Å². The summed E-state index contributed by atoms with van der Waals surface area (Å²) in [5, 5.41) is 0. The summed E-state index contributed by atoms with van der Waals surface area (Å²) >= 11 is 0. The average Bonchev–Trinajstić information content (AvgIpc) is 2.00. The van der Waals surface area contributed by atoms with E-state index in [1.54, 1.807) is 0 Å². The molecule has 4 fully saturated rings. The number of hydrogen-bond acceptors (Lipinski definition) is 1. The predicted molar refractivity (Wildman–Crippen MR) is 50.8 cm³/mol. The summed E-state index contributed by atoms with van der Waals surface area (Å²) in [6, 6.07) is 0. The van der Waals surface area contributed by atoms with Gasteiger partial charge in [0.15, 0.2) is 0 Å². The first-order valence-electron chi connectivity index (χ1n) is 5.43. The lowest BCUT2D eigenvalue weighted by Gasteiger charge is -2.55. The topological polar surface area (TPSA) is 9.23 Å². The Balaban J connectivity index is 1.88. The van der Waals surface area contributed by atoms with E-state index in [1.807, 2.05) is 0 Å². The molecular formula is C12H16O. The van der Waals surface area contributed by atoms with Crippen LogP contribution >= 0.6 is 0 Å². The summed E-state index contributed by atoms with van der Waals surface area (Å²) in [5.41, 5.74) is 0.115. The van der Waals surface area contributed by atoms with Crippen molar-refractivity contribution < 1.29 is 4.74 Å². The second-order valence-electron chi connectivity index (χ2n) is 5.32. The smallest absolute Gasteiger partial charge is 0.122 e. The molecule has 0 radical (unpaired) electrons. The molecule has 0 heterocycles. The van der Waals surface area contributed by atoms with Crippen LogP contribution in [-0.2, 0) is 4.74 Å². The Bertz CT molecular complexity index is 226. The highest BCUT2D eigenvalue weighted by atomic mass is 16.5. The second-order valence-corrected chi connectivity index (χ2v) is 5.32. The Morgan fingerprint density at radius 2 is 1.46 bits per heavy atom. The van der Waals surface area contributed by atoms with E-state index in [9.17, 15) is 0 Å². The van der Waals surface area contributed by atoms with Crippen LogP contribution in [0.1, 0.15) is 38.5 Å². The van der Waals surface area contributed by atoms with Crippen molar-refractivity contribution in [3.05, 3.63) is 0 Å². The molecule has 0 aromatic carbocycles. The molecule has 13 heavy (non-hydrogen) atoms. The van der Waals surface area contributed by atoms with Gasteiger partial charge in [-0.1, -0.05) is 6.42 Å². The first-order chi connectivity index (χ1) is 6.30. The standard InChI is InChI=1S/C12H16O/c1-2-13-12-6-9-3-10(7-12)5-11(4-9)8-12/h1,9-11H,3-8H2. The third-order valence-corrected chi connectivity index (χ3v) is 4.26.